The second-order valence-corrected chi connectivity index (χ2v) is 33.8. The molecule has 2 atom stereocenters. The Morgan fingerprint density at radius 1 is 0.357 bits per heavy atom. The first-order valence-electron chi connectivity index (χ1n) is 38.2. The molecular formula is C88H94N6O18. The van der Waals surface area contributed by atoms with E-state index in [1.165, 1.54) is 0 Å². The molecular weight excluding hydrogens is 1430 g/mol. The van der Waals surface area contributed by atoms with Gasteiger partial charge in [-0.05, 0) is 117 Å². The van der Waals surface area contributed by atoms with Crippen molar-refractivity contribution in [1.82, 2.24) is 29.4 Å². The SMILES string of the molecule is CC(C)(C)c1ccc(Oc2cc3c4c(cc(Oc5ccc(C(C)(C)C)cc5)c5c6c(Oc7ccc(C(C)(C)C)cc7)cc7c8c(cc(Oc9ccc(C(C)(C)C)cc9)c(c2c45)c86)C(=O)N(CC(=O)N2CCN(COCC(=O)OCC4CO4)CC2)C7=O)C(=O)N(CC(=O)N2CCN(COCC(=O)OCC4CO4)CC2)C3=O)cc1. The molecule has 24 heteroatoms. The molecule has 0 aliphatic carbocycles. The van der Waals surface area contributed by atoms with Gasteiger partial charge in [0.25, 0.3) is 23.6 Å². The van der Waals surface area contributed by atoms with Crippen molar-refractivity contribution in [3.05, 3.63) is 166 Å². The largest absolute Gasteiger partial charge is 0.461 e. The van der Waals surface area contributed by atoms with Gasteiger partial charge in [0.15, 0.2) is 0 Å². The molecule has 0 bridgehead atoms. The van der Waals surface area contributed by atoms with E-state index in [2.05, 4.69) is 83.1 Å². The van der Waals surface area contributed by atoms with Crippen LogP contribution in [0.3, 0.4) is 0 Å². The van der Waals surface area contributed by atoms with Crippen LogP contribution in [0.15, 0.2) is 121 Å². The van der Waals surface area contributed by atoms with E-state index in [4.69, 9.17) is 47.4 Å². The number of hydrogen-bond donors (Lipinski definition) is 0. The molecule has 9 aromatic rings. The van der Waals surface area contributed by atoms with Gasteiger partial charge < -0.3 is 57.2 Å². The molecule has 6 heterocycles. The molecule has 24 nitrogen and oxygen atoms in total. The summed E-state index contributed by atoms with van der Waals surface area (Å²) in [5.74, 6) is -3.32. The van der Waals surface area contributed by atoms with E-state index in [0.29, 0.717) is 94.7 Å². The Kier molecular flexibility index (Phi) is 20.7. The predicted octanol–water partition coefficient (Wildman–Crippen LogP) is 13.4. The normalized spacial score (nSPS) is 17.6. The van der Waals surface area contributed by atoms with Crippen molar-refractivity contribution in [2.45, 2.75) is 117 Å². The number of epoxide rings is 2. The lowest BCUT2D eigenvalue weighted by atomic mass is 9.80. The Morgan fingerprint density at radius 3 is 0.839 bits per heavy atom. The summed E-state index contributed by atoms with van der Waals surface area (Å²) in [5, 5.41) is 2.15. The van der Waals surface area contributed by atoms with E-state index in [9.17, 15) is 19.2 Å². The number of amides is 6. The van der Waals surface area contributed by atoms with E-state index < -0.39 is 60.5 Å². The number of carbonyl (C=O) groups excluding carboxylic acids is 8. The van der Waals surface area contributed by atoms with Crippen molar-refractivity contribution in [2.24, 2.45) is 0 Å². The summed E-state index contributed by atoms with van der Waals surface area (Å²) in [7, 11) is 0. The van der Waals surface area contributed by atoms with Gasteiger partial charge in [-0.1, -0.05) is 132 Å². The molecule has 4 fully saturated rings. The number of rotatable bonds is 24. The Hall–Kier alpha value is -10.6. The van der Waals surface area contributed by atoms with Crippen molar-refractivity contribution in [3.63, 3.8) is 0 Å². The van der Waals surface area contributed by atoms with Gasteiger partial charge in [0.05, 0.1) is 48.9 Å². The highest BCUT2D eigenvalue weighted by molar-refractivity contribution is 6.45. The summed E-state index contributed by atoms with van der Waals surface area (Å²) in [6.45, 7) is 27.5. The Labute approximate surface area is 649 Å². The van der Waals surface area contributed by atoms with Gasteiger partial charge in [0.1, 0.15) is 97.7 Å². The van der Waals surface area contributed by atoms with Crippen LogP contribution in [0.4, 0.5) is 0 Å². The molecule has 15 rings (SSSR count). The van der Waals surface area contributed by atoms with E-state index in [1.54, 1.807) is 34.1 Å². The van der Waals surface area contributed by atoms with Crippen LogP contribution < -0.4 is 18.9 Å². The quantitative estimate of drug-likeness (QED) is 0.0179. The molecule has 6 aliphatic rings. The third kappa shape index (κ3) is 16.0. The zero-order chi connectivity index (χ0) is 79.0. The summed E-state index contributed by atoms with van der Waals surface area (Å²) in [5.41, 5.74) is 3.03. The molecule has 4 saturated heterocycles. The topological polar surface area (TPSA) is 255 Å². The van der Waals surface area contributed by atoms with E-state index in [-0.39, 0.29) is 156 Å². The average Bonchev–Trinajstić information content (AvgIpc) is 1.23. The number of piperazine rings is 2. The number of esters is 2. The fourth-order valence-corrected chi connectivity index (χ4v) is 14.8. The number of imide groups is 2. The minimum Gasteiger partial charge on any atom is -0.461 e. The zero-order valence-electron chi connectivity index (χ0n) is 65.5. The maximum absolute atomic E-state index is 16.1. The molecule has 0 spiro atoms. The smallest absolute Gasteiger partial charge is 0.332 e. The van der Waals surface area contributed by atoms with Crippen molar-refractivity contribution < 1.29 is 85.7 Å². The lowest BCUT2D eigenvalue weighted by Gasteiger charge is -2.36. The lowest BCUT2D eigenvalue weighted by Crippen LogP contribution is -2.53. The van der Waals surface area contributed by atoms with E-state index >= 15 is 19.2 Å². The summed E-state index contributed by atoms with van der Waals surface area (Å²) >= 11 is 0. The molecule has 6 amide bonds. The maximum Gasteiger partial charge on any atom is 0.332 e. The first kappa shape index (κ1) is 76.8. The van der Waals surface area contributed by atoms with E-state index in [1.807, 2.05) is 107 Å². The van der Waals surface area contributed by atoms with Gasteiger partial charge in [-0.2, -0.15) is 0 Å². The first-order chi connectivity index (χ1) is 53.3. The first-order valence-corrected chi connectivity index (χ1v) is 38.2. The van der Waals surface area contributed by atoms with Gasteiger partial charge in [0.2, 0.25) is 11.8 Å². The molecule has 112 heavy (non-hydrogen) atoms. The number of hydrogen-bond acceptors (Lipinski definition) is 20. The summed E-state index contributed by atoms with van der Waals surface area (Å²) in [6.07, 6.45) is -0.163. The second kappa shape index (κ2) is 30.1. The molecule has 9 aromatic carbocycles. The van der Waals surface area contributed by atoms with Crippen molar-refractivity contribution in [3.8, 4) is 46.0 Å². The monoisotopic (exact) mass is 1520 g/mol. The van der Waals surface area contributed by atoms with Gasteiger partial charge in [-0.15, -0.1) is 0 Å². The van der Waals surface area contributed by atoms with Crippen LogP contribution in [0, 0.1) is 0 Å². The second-order valence-electron chi connectivity index (χ2n) is 33.8. The predicted molar refractivity (Wildman–Crippen MR) is 419 cm³/mol. The highest BCUT2D eigenvalue weighted by atomic mass is 16.6. The number of fused-ring (bicyclic) bond motifs is 2. The van der Waals surface area contributed by atoms with Gasteiger partial charge in [-0.3, -0.25) is 48.4 Å². The molecule has 0 aromatic heterocycles. The van der Waals surface area contributed by atoms with Crippen molar-refractivity contribution >= 4 is 90.5 Å². The molecule has 0 N–H and O–H groups in total. The third-order valence-corrected chi connectivity index (χ3v) is 21.5. The summed E-state index contributed by atoms with van der Waals surface area (Å²) in [6, 6.07) is 36.8. The third-order valence-electron chi connectivity index (χ3n) is 21.5. The van der Waals surface area contributed by atoms with Crippen LogP contribution in [0.25, 0.3) is 43.1 Å². The van der Waals surface area contributed by atoms with Crippen LogP contribution >= 0.6 is 0 Å². The van der Waals surface area contributed by atoms with Crippen LogP contribution in [0.1, 0.15) is 147 Å². The van der Waals surface area contributed by atoms with Crippen LogP contribution in [0.5, 0.6) is 46.0 Å². The van der Waals surface area contributed by atoms with Gasteiger partial charge in [-0.25, -0.2) is 9.59 Å². The zero-order valence-corrected chi connectivity index (χ0v) is 65.5. The molecule has 0 radical (unpaired) electrons. The molecule has 0 saturated carbocycles. The minimum atomic E-state index is -0.784. The highest BCUT2D eigenvalue weighted by Crippen LogP contribution is 2.58. The molecule has 584 valence electrons. The summed E-state index contributed by atoms with van der Waals surface area (Å²) < 4.78 is 61.3. The van der Waals surface area contributed by atoms with Gasteiger partial charge >= 0.3 is 11.9 Å². The number of nitrogens with zero attached hydrogens (tertiary/aromatic N) is 6. The number of ether oxygens (including phenoxy) is 10. The Morgan fingerprint density at radius 2 is 0.607 bits per heavy atom. The summed E-state index contributed by atoms with van der Waals surface area (Å²) in [4.78, 5) is 128. The van der Waals surface area contributed by atoms with E-state index in [0.717, 1.165) is 32.1 Å². The van der Waals surface area contributed by atoms with Crippen LogP contribution in [-0.2, 0) is 69.3 Å². The average molecular weight is 1520 g/mol. The van der Waals surface area contributed by atoms with Crippen LogP contribution in [0.2, 0.25) is 0 Å². The van der Waals surface area contributed by atoms with Crippen LogP contribution in [-0.4, -0.2) is 208 Å². The van der Waals surface area contributed by atoms with Crippen molar-refractivity contribution in [1.29, 1.82) is 0 Å². The number of benzene rings is 9. The highest BCUT2D eigenvalue weighted by Gasteiger charge is 2.44. The lowest BCUT2D eigenvalue weighted by molar-refractivity contribution is -0.152. The van der Waals surface area contributed by atoms with Crippen molar-refractivity contribution in [2.75, 3.05) is 119 Å². The van der Waals surface area contributed by atoms with Gasteiger partial charge in [0, 0.05) is 95.4 Å². The number of carbonyl (C=O) groups is 8. The standard InChI is InChI=1S/C88H94N6O18/c1-85(2,3)51-13-21-55(22-14-51)109-65-37-61-73-62(82(100)93(81(61)99)41-69(95)91-33-29-89(30-34-91)49-103-47-71(97)107-45-59-43-105-59)39-67(111-57-25-17-53(18-26-57)87(7,8)9)77-78-68(112-58-27-19-54(20-28-58)88(10,11)12)40-64-74-63(38-66(76(80(74)78)75(65)79(73)77)110-56-23-15-52(16-24-56)86(4,5)6)83(101)94(84(64)102)42-70(96)92-35-31-90(32-36-92)50-104-48-72(98)108-46-60-44-106-60/h13-28,37-40,59-60H,29-36,41-50H2,1-12H3. The molecule has 2 unspecified atom stereocenters. The fraction of sp³-hybridized carbons (Fsp3) is 0.409. The Bertz CT molecular complexity index is 4630. The maximum atomic E-state index is 16.1. The molecule has 6 aliphatic heterocycles. The fourth-order valence-electron chi connectivity index (χ4n) is 14.8. The Balaban J connectivity index is 0.919. The minimum absolute atomic E-state index is 0.0158.